The lowest BCUT2D eigenvalue weighted by Crippen LogP contribution is -2.45. The second-order valence-electron chi connectivity index (χ2n) is 10.1. The number of carbonyl (C=O) groups excluding carboxylic acids is 2. The van der Waals surface area contributed by atoms with Gasteiger partial charge in [0.2, 0.25) is 0 Å². The minimum Gasteiger partial charge on any atom is -0.459 e. The molecule has 8 heteroatoms. The fraction of sp³-hybridized carbons (Fsp3) is 0.219. The van der Waals surface area contributed by atoms with Gasteiger partial charge in [0.15, 0.2) is 5.76 Å². The molecular formula is C32H28ClN3O3S. The highest BCUT2D eigenvalue weighted by molar-refractivity contribution is 7.21. The van der Waals surface area contributed by atoms with Crippen molar-refractivity contribution < 1.29 is 14.0 Å². The molecule has 2 aromatic carbocycles. The lowest BCUT2D eigenvalue weighted by Gasteiger charge is -2.37. The van der Waals surface area contributed by atoms with Crippen molar-refractivity contribution in [2.75, 3.05) is 0 Å². The van der Waals surface area contributed by atoms with Crippen molar-refractivity contribution in [3.63, 3.8) is 0 Å². The maximum absolute atomic E-state index is 14.2. The second-order valence-corrected chi connectivity index (χ2v) is 11.5. The standard InChI is InChI=1S/C32H28ClN3O3S/c33-29-26-7-1-2-9-28(26)40-30(29)32(38)36(20-21-5-3-6-23(19-21)22-14-16-34-17-15-22)25-12-10-24(11-13-25)35-31(37)27-8-4-18-39-27/h1-9,14-19,24-25H,10-13,20H2,(H,35,37). The molecule has 1 fully saturated rings. The summed E-state index contributed by atoms with van der Waals surface area (Å²) in [4.78, 5) is 33.4. The number of nitrogens with zero attached hydrogens (tertiary/aromatic N) is 2. The number of nitrogens with one attached hydrogen (secondary N) is 1. The third kappa shape index (κ3) is 5.53. The number of carbonyl (C=O) groups is 2. The first-order valence-electron chi connectivity index (χ1n) is 13.4. The Kier molecular flexibility index (Phi) is 7.66. The Balaban J connectivity index is 1.25. The summed E-state index contributed by atoms with van der Waals surface area (Å²) >= 11 is 8.22. The number of halogens is 1. The second kappa shape index (κ2) is 11.7. The summed E-state index contributed by atoms with van der Waals surface area (Å²) in [6.07, 6.45) is 8.17. The zero-order valence-electron chi connectivity index (χ0n) is 21.8. The van der Waals surface area contributed by atoms with Gasteiger partial charge >= 0.3 is 0 Å². The SMILES string of the molecule is O=C(NC1CCC(N(Cc2cccc(-c3ccncc3)c2)C(=O)c2sc3ccccc3c2Cl)CC1)c1ccco1. The third-order valence-corrected chi connectivity index (χ3v) is 9.16. The summed E-state index contributed by atoms with van der Waals surface area (Å²) in [5, 5.41) is 4.50. The van der Waals surface area contributed by atoms with Crippen LogP contribution in [0, 0.1) is 0 Å². The quantitative estimate of drug-likeness (QED) is 0.219. The molecule has 6 nitrogen and oxygen atoms in total. The number of fused-ring (bicyclic) bond motifs is 1. The van der Waals surface area contributed by atoms with Gasteiger partial charge in [-0.1, -0.05) is 48.0 Å². The molecule has 0 atom stereocenters. The molecule has 40 heavy (non-hydrogen) atoms. The van der Waals surface area contributed by atoms with E-state index in [9.17, 15) is 9.59 Å². The molecule has 3 aromatic heterocycles. The molecule has 1 aliphatic carbocycles. The zero-order chi connectivity index (χ0) is 27.5. The van der Waals surface area contributed by atoms with E-state index < -0.39 is 0 Å². The Labute approximate surface area is 241 Å². The lowest BCUT2D eigenvalue weighted by molar-refractivity contribution is 0.0596. The summed E-state index contributed by atoms with van der Waals surface area (Å²) in [6.45, 7) is 0.469. The molecule has 1 N–H and O–H groups in total. The molecule has 0 bridgehead atoms. The van der Waals surface area contributed by atoms with Crippen LogP contribution < -0.4 is 5.32 Å². The van der Waals surface area contributed by atoms with E-state index in [0.717, 1.165) is 52.5 Å². The van der Waals surface area contributed by atoms with Crippen LogP contribution in [0.1, 0.15) is 51.5 Å². The highest BCUT2D eigenvalue weighted by Gasteiger charge is 2.32. The van der Waals surface area contributed by atoms with Crippen LogP contribution in [0.15, 0.2) is 95.9 Å². The average molecular weight is 570 g/mol. The molecule has 1 saturated carbocycles. The molecule has 0 radical (unpaired) electrons. The minimum absolute atomic E-state index is 0.0233. The van der Waals surface area contributed by atoms with Crippen molar-refractivity contribution in [2.24, 2.45) is 0 Å². The van der Waals surface area contributed by atoms with Crippen molar-refractivity contribution in [3.8, 4) is 11.1 Å². The highest BCUT2D eigenvalue weighted by atomic mass is 35.5. The van der Waals surface area contributed by atoms with Crippen LogP contribution in [-0.2, 0) is 6.54 Å². The van der Waals surface area contributed by atoms with Gasteiger partial charge < -0.3 is 14.6 Å². The van der Waals surface area contributed by atoms with Gasteiger partial charge in [-0.15, -0.1) is 11.3 Å². The minimum atomic E-state index is -0.202. The number of hydrogen-bond donors (Lipinski definition) is 1. The summed E-state index contributed by atoms with van der Waals surface area (Å²) in [6, 6.07) is 23.6. The summed E-state index contributed by atoms with van der Waals surface area (Å²) < 4.78 is 6.24. The van der Waals surface area contributed by atoms with Crippen molar-refractivity contribution in [1.82, 2.24) is 15.2 Å². The molecule has 202 valence electrons. The van der Waals surface area contributed by atoms with Crippen LogP contribution in [0.5, 0.6) is 0 Å². The largest absolute Gasteiger partial charge is 0.459 e. The maximum atomic E-state index is 14.2. The number of aromatic nitrogens is 1. The molecule has 0 unspecified atom stereocenters. The van der Waals surface area contributed by atoms with Crippen LogP contribution in [-0.4, -0.2) is 33.8 Å². The number of pyridine rings is 1. The van der Waals surface area contributed by atoms with Crippen LogP contribution in [0.3, 0.4) is 0 Å². The number of rotatable bonds is 7. The van der Waals surface area contributed by atoms with Crippen LogP contribution in [0.25, 0.3) is 21.2 Å². The van der Waals surface area contributed by atoms with E-state index in [4.69, 9.17) is 16.0 Å². The molecule has 0 aliphatic heterocycles. The Hall–Kier alpha value is -3.94. The van der Waals surface area contributed by atoms with Gasteiger partial charge in [-0.3, -0.25) is 14.6 Å². The normalized spacial score (nSPS) is 17.0. The van der Waals surface area contributed by atoms with Crippen LogP contribution in [0.4, 0.5) is 0 Å². The Morgan fingerprint density at radius 3 is 2.50 bits per heavy atom. The molecule has 0 spiro atoms. The van der Waals surface area contributed by atoms with Gasteiger partial charge in [0.05, 0.1) is 11.3 Å². The Morgan fingerprint density at radius 2 is 1.75 bits per heavy atom. The number of thiophene rings is 1. The van der Waals surface area contributed by atoms with Crippen molar-refractivity contribution in [1.29, 1.82) is 0 Å². The zero-order valence-corrected chi connectivity index (χ0v) is 23.3. The van der Waals surface area contributed by atoms with Crippen LogP contribution in [0.2, 0.25) is 5.02 Å². The van der Waals surface area contributed by atoms with Crippen molar-refractivity contribution >= 4 is 44.8 Å². The van der Waals surface area contributed by atoms with E-state index in [0.29, 0.717) is 22.2 Å². The molecular weight excluding hydrogens is 542 g/mol. The van der Waals surface area contributed by atoms with E-state index >= 15 is 0 Å². The van der Waals surface area contributed by atoms with E-state index in [1.807, 2.05) is 47.4 Å². The maximum Gasteiger partial charge on any atom is 0.287 e. The topological polar surface area (TPSA) is 75.4 Å². The van der Waals surface area contributed by atoms with E-state index in [2.05, 4.69) is 28.5 Å². The lowest BCUT2D eigenvalue weighted by atomic mass is 9.89. The van der Waals surface area contributed by atoms with E-state index in [1.165, 1.54) is 17.6 Å². The smallest absolute Gasteiger partial charge is 0.287 e. The highest BCUT2D eigenvalue weighted by Crippen LogP contribution is 2.37. The predicted octanol–water partition coefficient (Wildman–Crippen LogP) is 7.59. The van der Waals surface area contributed by atoms with Gasteiger partial charge in [-0.25, -0.2) is 0 Å². The predicted molar refractivity (Wildman–Crippen MR) is 159 cm³/mol. The van der Waals surface area contributed by atoms with Crippen LogP contribution >= 0.6 is 22.9 Å². The molecule has 6 rings (SSSR count). The first kappa shape index (κ1) is 26.3. The molecule has 5 aromatic rings. The fourth-order valence-corrected chi connectivity index (χ4v) is 6.90. The number of amides is 2. The fourth-order valence-electron chi connectivity index (χ4n) is 5.44. The third-order valence-electron chi connectivity index (χ3n) is 7.50. The first-order chi connectivity index (χ1) is 19.6. The van der Waals surface area contributed by atoms with Gasteiger partial charge in [0.25, 0.3) is 11.8 Å². The summed E-state index contributed by atoms with van der Waals surface area (Å²) in [7, 11) is 0. The average Bonchev–Trinajstić information content (AvgIpc) is 3.66. The molecule has 1 aliphatic rings. The van der Waals surface area contributed by atoms with Gasteiger partial charge in [0.1, 0.15) is 4.88 Å². The molecule has 3 heterocycles. The molecule has 2 amide bonds. The van der Waals surface area contributed by atoms with Crippen molar-refractivity contribution in [3.05, 3.63) is 113 Å². The van der Waals surface area contributed by atoms with Gasteiger partial charge in [-0.05, 0) is 78.8 Å². The first-order valence-corrected chi connectivity index (χ1v) is 14.6. The van der Waals surface area contributed by atoms with E-state index in [-0.39, 0.29) is 23.9 Å². The summed E-state index contributed by atoms with van der Waals surface area (Å²) in [5.74, 6) is 0.0577. The van der Waals surface area contributed by atoms with E-state index in [1.54, 1.807) is 24.5 Å². The number of benzene rings is 2. The summed E-state index contributed by atoms with van der Waals surface area (Å²) in [5.41, 5.74) is 3.21. The number of furan rings is 1. The molecule has 0 saturated heterocycles. The van der Waals surface area contributed by atoms with Gasteiger partial charge in [-0.2, -0.15) is 0 Å². The van der Waals surface area contributed by atoms with Gasteiger partial charge in [0, 0.05) is 41.1 Å². The number of hydrogen-bond acceptors (Lipinski definition) is 5. The van der Waals surface area contributed by atoms with Crippen molar-refractivity contribution in [2.45, 2.75) is 44.3 Å². The Bertz CT molecular complexity index is 1630. The monoisotopic (exact) mass is 569 g/mol. The Morgan fingerprint density at radius 1 is 0.950 bits per heavy atom.